The van der Waals surface area contributed by atoms with Crippen molar-refractivity contribution in [2.75, 3.05) is 31.1 Å². The molecule has 0 atom stereocenters. The molecule has 0 radical (unpaired) electrons. The van der Waals surface area contributed by atoms with Gasteiger partial charge in [-0.05, 0) is 50.1 Å². The molecule has 134 valence electrons. The summed E-state index contributed by atoms with van der Waals surface area (Å²) in [5.74, 6) is 0.102. The molecule has 1 aromatic carbocycles. The van der Waals surface area contributed by atoms with E-state index in [0.29, 0.717) is 0 Å². The second-order valence-electron chi connectivity index (χ2n) is 7.11. The molecule has 0 bridgehead atoms. The summed E-state index contributed by atoms with van der Waals surface area (Å²) in [5, 5.41) is 1.15. The number of piperazine rings is 1. The summed E-state index contributed by atoms with van der Waals surface area (Å²) in [6.45, 7) is 9.37. The molecule has 0 saturated carbocycles. The Bertz CT molecular complexity index is 953. The minimum atomic E-state index is 0.102. The second-order valence-corrected chi connectivity index (χ2v) is 7.11. The molecule has 1 fully saturated rings. The maximum atomic E-state index is 13.1. The van der Waals surface area contributed by atoms with Crippen molar-refractivity contribution < 1.29 is 4.79 Å². The Morgan fingerprint density at radius 3 is 2.42 bits per heavy atom. The number of carbonyl (C=O) groups is 1. The standard InChI is InChI=1S/C21H24N4O/c1-14-12-15(2)19-18(13-14)16(3)20(23-19)21(26)25-10-8-24(9-11-25)17-4-6-22-7-5-17/h4-7,12-13,23H,8-11H2,1-3H3. The van der Waals surface area contributed by atoms with Crippen molar-refractivity contribution in [2.24, 2.45) is 0 Å². The van der Waals surface area contributed by atoms with Gasteiger partial charge in [0.05, 0.1) is 0 Å². The molecule has 26 heavy (non-hydrogen) atoms. The van der Waals surface area contributed by atoms with Gasteiger partial charge in [0, 0.05) is 55.2 Å². The summed E-state index contributed by atoms with van der Waals surface area (Å²) in [4.78, 5) is 24.8. The van der Waals surface area contributed by atoms with Gasteiger partial charge in [0.15, 0.2) is 0 Å². The lowest BCUT2D eigenvalue weighted by molar-refractivity contribution is 0.0741. The summed E-state index contributed by atoms with van der Waals surface area (Å²) >= 11 is 0. The fourth-order valence-corrected chi connectivity index (χ4v) is 3.88. The van der Waals surface area contributed by atoms with E-state index in [2.05, 4.69) is 40.8 Å². The second kappa shape index (κ2) is 6.48. The van der Waals surface area contributed by atoms with Crippen LogP contribution in [0.25, 0.3) is 10.9 Å². The van der Waals surface area contributed by atoms with Crippen LogP contribution < -0.4 is 4.90 Å². The number of benzene rings is 1. The Morgan fingerprint density at radius 1 is 1.04 bits per heavy atom. The van der Waals surface area contributed by atoms with E-state index in [1.165, 1.54) is 16.8 Å². The van der Waals surface area contributed by atoms with Gasteiger partial charge >= 0.3 is 0 Å². The van der Waals surface area contributed by atoms with Crippen LogP contribution in [0.5, 0.6) is 0 Å². The van der Waals surface area contributed by atoms with E-state index in [1.807, 2.05) is 36.4 Å². The van der Waals surface area contributed by atoms with E-state index < -0.39 is 0 Å². The zero-order valence-corrected chi connectivity index (χ0v) is 15.5. The van der Waals surface area contributed by atoms with Gasteiger partial charge in [-0.1, -0.05) is 11.6 Å². The van der Waals surface area contributed by atoms with Crippen molar-refractivity contribution in [3.63, 3.8) is 0 Å². The maximum Gasteiger partial charge on any atom is 0.270 e. The zero-order chi connectivity index (χ0) is 18.3. The number of aromatic nitrogens is 2. The molecule has 1 aliphatic heterocycles. The highest BCUT2D eigenvalue weighted by molar-refractivity contribution is 6.01. The molecule has 4 rings (SSSR count). The molecule has 5 heteroatoms. The number of rotatable bonds is 2. The smallest absolute Gasteiger partial charge is 0.270 e. The van der Waals surface area contributed by atoms with Crippen molar-refractivity contribution in [3.05, 3.63) is 59.0 Å². The molecule has 5 nitrogen and oxygen atoms in total. The normalized spacial score (nSPS) is 14.9. The largest absolute Gasteiger partial charge is 0.368 e. The molecule has 1 amide bonds. The van der Waals surface area contributed by atoms with Crippen LogP contribution in [0.15, 0.2) is 36.7 Å². The summed E-state index contributed by atoms with van der Waals surface area (Å²) in [6.07, 6.45) is 3.62. The predicted octanol–water partition coefficient (Wildman–Crippen LogP) is 3.45. The highest BCUT2D eigenvalue weighted by Crippen LogP contribution is 2.27. The van der Waals surface area contributed by atoms with Gasteiger partial charge in [0.2, 0.25) is 0 Å². The average molecular weight is 348 g/mol. The Hall–Kier alpha value is -2.82. The molecule has 0 spiro atoms. The van der Waals surface area contributed by atoms with Gasteiger partial charge < -0.3 is 14.8 Å². The first-order chi connectivity index (χ1) is 12.5. The third-order valence-corrected chi connectivity index (χ3v) is 5.32. The lowest BCUT2D eigenvalue weighted by atomic mass is 10.1. The maximum absolute atomic E-state index is 13.1. The molecule has 2 aromatic heterocycles. The minimum Gasteiger partial charge on any atom is -0.368 e. The summed E-state index contributed by atoms with van der Waals surface area (Å²) < 4.78 is 0. The molecule has 1 saturated heterocycles. The number of nitrogens with one attached hydrogen (secondary N) is 1. The van der Waals surface area contributed by atoms with Crippen molar-refractivity contribution >= 4 is 22.5 Å². The van der Waals surface area contributed by atoms with E-state index in [0.717, 1.165) is 48.3 Å². The van der Waals surface area contributed by atoms with Crippen LogP contribution in [0.2, 0.25) is 0 Å². The van der Waals surface area contributed by atoms with Crippen LogP contribution in [0.3, 0.4) is 0 Å². The lowest BCUT2D eigenvalue weighted by Gasteiger charge is -2.36. The van der Waals surface area contributed by atoms with Crippen LogP contribution in [0.4, 0.5) is 5.69 Å². The molecule has 1 aliphatic rings. The Morgan fingerprint density at radius 2 is 1.73 bits per heavy atom. The number of hydrogen-bond donors (Lipinski definition) is 1. The van der Waals surface area contributed by atoms with E-state index in [-0.39, 0.29) is 5.91 Å². The van der Waals surface area contributed by atoms with Crippen molar-refractivity contribution in [1.29, 1.82) is 0 Å². The number of amides is 1. The number of hydrogen-bond acceptors (Lipinski definition) is 3. The molecular formula is C21H24N4O. The summed E-state index contributed by atoms with van der Waals surface area (Å²) in [6, 6.07) is 8.35. The molecule has 3 heterocycles. The fraction of sp³-hybridized carbons (Fsp3) is 0.333. The van der Waals surface area contributed by atoms with E-state index in [1.54, 1.807) is 0 Å². The van der Waals surface area contributed by atoms with Crippen LogP contribution in [0, 0.1) is 20.8 Å². The Labute approximate surface area is 153 Å². The Kier molecular flexibility index (Phi) is 4.15. The highest BCUT2D eigenvalue weighted by atomic mass is 16.2. The summed E-state index contributed by atoms with van der Waals surface area (Å²) in [7, 11) is 0. The van der Waals surface area contributed by atoms with Crippen LogP contribution >= 0.6 is 0 Å². The highest BCUT2D eigenvalue weighted by Gasteiger charge is 2.25. The predicted molar refractivity (Wildman–Crippen MR) is 105 cm³/mol. The molecule has 0 unspecified atom stereocenters. The van der Waals surface area contributed by atoms with Crippen molar-refractivity contribution in [3.8, 4) is 0 Å². The van der Waals surface area contributed by atoms with Gasteiger partial charge in [-0.3, -0.25) is 9.78 Å². The first-order valence-corrected chi connectivity index (χ1v) is 9.08. The van der Waals surface area contributed by atoms with Crippen molar-refractivity contribution in [1.82, 2.24) is 14.9 Å². The number of anilines is 1. The quantitative estimate of drug-likeness (QED) is 0.772. The third kappa shape index (κ3) is 2.83. The van der Waals surface area contributed by atoms with Crippen LogP contribution in [0.1, 0.15) is 27.2 Å². The number of H-pyrrole nitrogens is 1. The average Bonchev–Trinajstić information content (AvgIpc) is 2.99. The molecular weight excluding hydrogens is 324 g/mol. The summed E-state index contributed by atoms with van der Waals surface area (Å²) in [5.41, 5.74) is 6.43. The van der Waals surface area contributed by atoms with Gasteiger partial charge in [-0.25, -0.2) is 0 Å². The number of fused-ring (bicyclic) bond motifs is 1. The third-order valence-electron chi connectivity index (χ3n) is 5.32. The van der Waals surface area contributed by atoms with Crippen LogP contribution in [-0.4, -0.2) is 47.0 Å². The zero-order valence-electron chi connectivity index (χ0n) is 15.5. The number of carbonyl (C=O) groups excluding carboxylic acids is 1. The number of nitrogens with zero attached hydrogens (tertiary/aromatic N) is 3. The SMILES string of the molecule is Cc1cc(C)c2[nH]c(C(=O)N3CCN(c4ccncc4)CC3)c(C)c2c1. The van der Waals surface area contributed by atoms with Gasteiger partial charge in [-0.2, -0.15) is 0 Å². The van der Waals surface area contributed by atoms with Gasteiger partial charge in [0.25, 0.3) is 5.91 Å². The van der Waals surface area contributed by atoms with Gasteiger partial charge in [0.1, 0.15) is 5.69 Å². The first-order valence-electron chi connectivity index (χ1n) is 9.08. The molecule has 1 N–H and O–H groups in total. The van der Waals surface area contributed by atoms with E-state index in [4.69, 9.17) is 0 Å². The van der Waals surface area contributed by atoms with E-state index in [9.17, 15) is 4.79 Å². The monoisotopic (exact) mass is 348 g/mol. The molecule has 3 aromatic rings. The lowest BCUT2D eigenvalue weighted by Crippen LogP contribution is -2.49. The minimum absolute atomic E-state index is 0.102. The van der Waals surface area contributed by atoms with Crippen molar-refractivity contribution in [2.45, 2.75) is 20.8 Å². The van der Waals surface area contributed by atoms with Gasteiger partial charge in [-0.15, -0.1) is 0 Å². The fourth-order valence-electron chi connectivity index (χ4n) is 3.88. The van der Waals surface area contributed by atoms with Crippen LogP contribution in [-0.2, 0) is 0 Å². The molecule has 0 aliphatic carbocycles. The number of aromatic amines is 1. The number of pyridine rings is 1. The number of aryl methyl sites for hydroxylation is 3. The van der Waals surface area contributed by atoms with E-state index >= 15 is 0 Å². The topological polar surface area (TPSA) is 52.2 Å². The first kappa shape index (κ1) is 16.6. The Balaban J connectivity index is 1.55.